The first kappa shape index (κ1) is 14.8. The molecule has 0 saturated heterocycles. The van der Waals surface area contributed by atoms with Crippen LogP contribution in [0.15, 0.2) is 24.3 Å². The van der Waals surface area contributed by atoms with Crippen LogP contribution in [0.4, 0.5) is 0 Å². The Morgan fingerprint density at radius 1 is 1.11 bits per heavy atom. The fourth-order valence-electron chi connectivity index (χ4n) is 2.07. The summed E-state index contributed by atoms with van der Waals surface area (Å²) in [6.07, 6.45) is 7.68. The van der Waals surface area contributed by atoms with Gasteiger partial charge < -0.3 is 0 Å². The molecule has 2 unspecified atom stereocenters. The van der Waals surface area contributed by atoms with Gasteiger partial charge in [0.25, 0.3) is 0 Å². The van der Waals surface area contributed by atoms with Crippen LogP contribution >= 0.6 is 0 Å². The molecule has 0 radical (unpaired) electrons. The summed E-state index contributed by atoms with van der Waals surface area (Å²) < 4.78 is 0. The van der Waals surface area contributed by atoms with E-state index in [1.54, 1.807) is 0 Å². The zero-order valence-corrected chi connectivity index (χ0v) is 12.0. The average Bonchev–Trinajstić information content (AvgIpc) is 2.38. The van der Waals surface area contributed by atoms with Crippen molar-refractivity contribution >= 4 is 0 Å². The molecule has 98 valence electrons. The molecule has 18 heavy (non-hydrogen) atoms. The highest BCUT2D eigenvalue weighted by molar-refractivity contribution is 5.26. The molecule has 0 aliphatic rings. The smallest absolute Gasteiger partial charge is 0.0691 e. The first-order valence-corrected chi connectivity index (χ1v) is 6.90. The van der Waals surface area contributed by atoms with Crippen LogP contribution in [0.25, 0.3) is 0 Å². The van der Waals surface area contributed by atoms with Crippen molar-refractivity contribution in [2.75, 3.05) is 0 Å². The summed E-state index contributed by atoms with van der Waals surface area (Å²) in [4.78, 5) is 0. The first-order valence-electron chi connectivity index (χ1n) is 6.90. The van der Waals surface area contributed by atoms with Gasteiger partial charge in [0, 0.05) is 6.04 Å². The Balaban J connectivity index is 2.66. The van der Waals surface area contributed by atoms with Gasteiger partial charge >= 0.3 is 0 Å². The van der Waals surface area contributed by atoms with E-state index in [-0.39, 0.29) is 6.04 Å². The average molecular weight is 243 g/mol. The molecule has 1 aromatic rings. The largest absolute Gasteiger partial charge is 0.297 e. The van der Waals surface area contributed by atoms with E-state index >= 15 is 0 Å². The topological polar surface area (TPSA) is 12.0 Å². The summed E-state index contributed by atoms with van der Waals surface area (Å²) in [5.74, 6) is 3.41. The minimum Gasteiger partial charge on any atom is -0.297 e. The third-order valence-electron chi connectivity index (χ3n) is 3.33. The van der Waals surface area contributed by atoms with Crippen molar-refractivity contribution in [3.8, 4) is 12.3 Å². The summed E-state index contributed by atoms with van der Waals surface area (Å²) in [5, 5.41) is 3.50. The SMILES string of the molecule is C#CC(CCC)NC(C)c1ccc(C(C)C)cc1. The minimum absolute atomic E-state index is 0.176. The number of hydrogen-bond donors (Lipinski definition) is 1. The summed E-state index contributed by atoms with van der Waals surface area (Å²) in [5.41, 5.74) is 2.68. The maximum atomic E-state index is 5.54. The van der Waals surface area contributed by atoms with Gasteiger partial charge in [-0.25, -0.2) is 0 Å². The molecule has 1 heteroatoms. The molecule has 0 amide bonds. The van der Waals surface area contributed by atoms with E-state index in [4.69, 9.17) is 6.42 Å². The maximum Gasteiger partial charge on any atom is 0.0691 e. The molecule has 0 spiro atoms. The Kier molecular flexibility index (Phi) is 5.95. The Bertz CT molecular complexity index is 383. The second kappa shape index (κ2) is 7.24. The highest BCUT2D eigenvalue weighted by Gasteiger charge is 2.10. The monoisotopic (exact) mass is 243 g/mol. The molecule has 0 saturated carbocycles. The van der Waals surface area contributed by atoms with Crippen molar-refractivity contribution in [2.24, 2.45) is 0 Å². The quantitative estimate of drug-likeness (QED) is 0.736. The van der Waals surface area contributed by atoms with E-state index in [1.165, 1.54) is 11.1 Å². The van der Waals surface area contributed by atoms with Gasteiger partial charge in [-0.2, -0.15) is 0 Å². The lowest BCUT2D eigenvalue weighted by atomic mass is 9.99. The Labute approximate surface area is 112 Å². The molecule has 2 atom stereocenters. The number of hydrogen-bond acceptors (Lipinski definition) is 1. The molecule has 0 aromatic heterocycles. The molecule has 0 heterocycles. The van der Waals surface area contributed by atoms with E-state index in [9.17, 15) is 0 Å². The van der Waals surface area contributed by atoms with E-state index in [0.29, 0.717) is 12.0 Å². The van der Waals surface area contributed by atoms with Crippen LogP contribution in [-0.2, 0) is 0 Å². The van der Waals surface area contributed by atoms with Crippen LogP contribution in [-0.4, -0.2) is 6.04 Å². The Morgan fingerprint density at radius 3 is 2.11 bits per heavy atom. The van der Waals surface area contributed by atoms with Crippen molar-refractivity contribution in [2.45, 2.75) is 58.5 Å². The van der Waals surface area contributed by atoms with Crippen molar-refractivity contribution in [1.29, 1.82) is 0 Å². The van der Waals surface area contributed by atoms with Gasteiger partial charge in [-0.15, -0.1) is 6.42 Å². The zero-order chi connectivity index (χ0) is 13.5. The van der Waals surface area contributed by atoms with Gasteiger partial charge in [0.1, 0.15) is 0 Å². The van der Waals surface area contributed by atoms with Crippen LogP contribution < -0.4 is 5.32 Å². The van der Waals surface area contributed by atoms with Gasteiger partial charge in [-0.1, -0.05) is 57.4 Å². The summed E-state index contributed by atoms with van der Waals surface area (Å²) in [7, 11) is 0. The van der Waals surface area contributed by atoms with Crippen molar-refractivity contribution in [1.82, 2.24) is 5.32 Å². The lowest BCUT2D eigenvalue weighted by molar-refractivity contribution is 0.495. The molecule has 1 N–H and O–H groups in total. The molecule has 1 aromatic carbocycles. The third kappa shape index (κ3) is 4.20. The highest BCUT2D eigenvalue weighted by atomic mass is 14.9. The summed E-state index contributed by atoms with van der Waals surface area (Å²) >= 11 is 0. The number of rotatable bonds is 6. The number of benzene rings is 1. The third-order valence-corrected chi connectivity index (χ3v) is 3.33. The predicted molar refractivity (Wildman–Crippen MR) is 79.6 cm³/mol. The van der Waals surface area contributed by atoms with Crippen LogP contribution in [0.3, 0.4) is 0 Å². The summed E-state index contributed by atoms with van der Waals surface area (Å²) in [6.45, 7) is 8.76. The van der Waals surface area contributed by atoms with Crippen molar-refractivity contribution in [3.05, 3.63) is 35.4 Å². The molecular formula is C17H25N. The van der Waals surface area contributed by atoms with Crippen LogP contribution in [0.5, 0.6) is 0 Å². The fraction of sp³-hybridized carbons (Fsp3) is 0.529. The van der Waals surface area contributed by atoms with Crippen LogP contribution in [0, 0.1) is 12.3 Å². The second-order valence-electron chi connectivity index (χ2n) is 5.22. The molecule has 0 aliphatic heterocycles. The number of terminal acetylenes is 1. The molecular weight excluding hydrogens is 218 g/mol. The predicted octanol–water partition coefficient (Wildman–Crippen LogP) is 4.26. The molecule has 0 fully saturated rings. The Morgan fingerprint density at radius 2 is 1.67 bits per heavy atom. The van der Waals surface area contributed by atoms with Gasteiger partial charge in [-0.05, 0) is 30.4 Å². The second-order valence-corrected chi connectivity index (χ2v) is 5.22. The van der Waals surface area contributed by atoms with E-state index < -0.39 is 0 Å². The number of nitrogens with one attached hydrogen (secondary N) is 1. The van der Waals surface area contributed by atoms with Gasteiger partial charge in [0.2, 0.25) is 0 Å². The van der Waals surface area contributed by atoms with Crippen LogP contribution in [0.2, 0.25) is 0 Å². The molecule has 0 aliphatic carbocycles. The normalized spacial score (nSPS) is 14.2. The van der Waals surface area contributed by atoms with Crippen molar-refractivity contribution < 1.29 is 0 Å². The minimum atomic E-state index is 0.176. The van der Waals surface area contributed by atoms with Crippen molar-refractivity contribution in [3.63, 3.8) is 0 Å². The Hall–Kier alpha value is -1.26. The fourth-order valence-corrected chi connectivity index (χ4v) is 2.07. The van der Waals surface area contributed by atoms with E-state index in [2.05, 4.69) is 63.2 Å². The van der Waals surface area contributed by atoms with E-state index in [0.717, 1.165) is 12.8 Å². The first-order chi connectivity index (χ1) is 8.58. The summed E-state index contributed by atoms with van der Waals surface area (Å²) in [6, 6.07) is 9.30. The van der Waals surface area contributed by atoms with Gasteiger partial charge in [0.15, 0.2) is 0 Å². The molecule has 1 rings (SSSR count). The van der Waals surface area contributed by atoms with Gasteiger partial charge in [-0.3, -0.25) is 5.32 Å². The highest BCUT2D eigenvalue weighted by Crippen LogP contribution is 2.19. The zero-order valence-electron chi connectivity index (χ0n) is 12.0. The lowest BCUT2D eigenvalue weighted by Crippen LogP contribution is -2.30. The molecule has 1 nitrogen and oxygen atoms in total. The lowest BCUT2D eigenvalue weighted by Gasteiger charge is -2.19. The van der Waals surface area contributed by atoms with Crippen LogP contribution in [0.1, 0.15) is 63.6 Å². The van der Waals surface area contributed by atoms with Gasteiger partial charge in [0.05, 0.1) is 6.04 Å². The molecule has 0 bridgehead atoms. The standard InChI is InChI=1S/C17H25N/c1-6-8-17(7-2)18-14(5)16-11-9-15(10-12-16)13(3)4/h2,9-14,17-18H,6,8H2,1,3-5H3. The van der Waals surface area contributed by atoms with E-state index in [1.807, 2.05) is 0 Å². The maximum absolute atomic E-state index is 5.54.